The van der Waals surface area contributed by atoms with E-state index in [0.29, 0.717) is 0 Å². The minimum Gasteiger partial charge on any atom is -0.456 e. The lowest BCUT2D eigenvalue weighted by molar-refractivity contribution is -0.149. The number of carbonyl (C=O) groups is 4. The van der Waals surface area contributed by atoms with Crippen molar-refractivity contribution >= 4 is 23.7 Å². The van der Waals surface area contributed by atoms with Gasteiger partial charge in [0.1, 0.15) is 0 Å². The van der Waals surface area contributed by atoms with E-state index in [1.54, 1.807) is 0 Å². The molecule has 3 rings (SSSR count). The molecular weight excluding hydrogens is 360 g/mol. The Hall–Kier alpha value is -2.70. The number of ether oxygens (including phenoxy) is 1. The van der Waals surface area contributed by atoms with E-state index in [2.05, 4.69) is 17.4 Å². The summed E-state index contributed by atoms with van der Waals surface area (Å²) in [5, 5.41) is 2.83. The van der Waals surface area contributed by atoms with Gasteiger partial charge in [-0.15, -0.1) is 0 Å². The van der Waals surface area contributed by atoms with Crippen LogP contribution in [0.25, 0.3) is 0 Å². The van der Waals surface area contributed by atoms with Gasteiger partial charge in [-0.05, 0) is 49.3 Å². The molecule has 1 heterocycles. The van der Waals surface area contributed by atoms with Gasteiger partial charge in [-0.1, -0.05) is 18.2 Å². The molecule has 150 valence electrons. The Kier molecular flexibility index (Phi) is 6.44. The summed E-state index contributed by atoms with van der Waals surface area (Å²) >= 11 is 0. The van der Waals surface area contributed by atoms with E-state index in [1.807, 2.05) is 13.0 Å². The van der Waals surface area contributed by atoms with E-state index in [9.17, 15) is 19.2 Å². The second-order valence-corrected chi connectivity index (χ2v) is 7.37. The van der Waals surface area contributed by atoms with Gasteiger partial charge in [-0.25, -0.2) is 0 Å². The van der Waals surface area contributed by atoms with Gasteiger partial charge in [-0.2, -0.15) is 0 Å². The van der Waals surface area contributed by atoms with Crippen molar-refractivity contribution in [2.45, 2.75) is 57.9 Å². The number of esters is 1. The zero-order chi connectivity index (χ0) is 20.1. The van der Waals surface area contributed by atoms with Crippen LogP contribution in [-0.2, 0) is 36.8 Å². The minimum atomic E-state index is -0.607. The topological polar surface area (TPSA) is 92.8 Å². The molecule has 1 aromatic rings. The normalized spacial score (nSPS) is 17.2. The van der Waals surface area contributed by atoms with Gasteiger partial charge in [-0.3, -0.25) is 24.1 Å². The number of nitrogens with one attached hydrogen (secondary N) is 1. The smallest absolute Gasteiger partial charge is 0.308 e. The number of carbonyl (C=O) groups excluding carboxylic acids is 4. The quantitative estimate of drug-likeness (QED) is 0.570. The van der Waals surface area contributed by atoms with Crippen molar-refractivity contribution in [3.05, 3.63) is 34.9 Å². The number of benzene rings is 1. The summed E-state index contributed by atoms with van der Waals surface area (Å²) in [6.07, 6.45) is 4.88. The van der Waals surface area contributed by atoms with E-state index < -0.39 is 5.97 Å². The first kappa shape index (κ1) is 20.0. The monoisotopic (exact) mass is 386 g/mol. The first-order chi connectivity index (χ1) is 13.4. The van der Waals surface area contributed by atoms with Gasteiger partial charge in [0.15, 0.2) is 6.61 Å². The third kappa shape index (κ3) is 4.97. The average molecular weight is 386 g/mol. The standard InChI is InChI=1S/C21H26N2O5/c1-14(16-7-6-15-4-2-3-5-17(15)12-16)22-18(24)13-28-21(27)10-11-23-19(25)8-9-20(23)26/h6-7,12,14H,2-5,8-11,13H2,1H3,(H,22,24). The molecule has 7 nitrogen and oxygen atoms in total. The molecular formula is C21H26N2O5. The third-order valence-corrected chi connectivity index (χ3v) is 5.31. The molecule has 1 unspecified atom stereocenters. The SMILES string of the molecule is CC(NC(=O)COC(=O)CCN1C(=O)CCC1=O)c1ccc2c(c1)CCCC2. The largest absolute Gasteiger partial charge is 0.456 e. The molecule has 1 aliphatic carbocycles. The van der Waals surface area contributed by atoms with Crippen LogP contribution in [0.5, 0.6) is 0 Å². The molecule has 1 aliphatic heterocycles. The highest BCUT2D eigenvalue weighted by Gasteiger charge is 2.29. The van der Waals surface area contributed by atoms with Crippen molar-refractivity contribution in [2.24, 2.45) is 0 Å². The molecule has 1 saturated heterocycles. The van der Waals surface area contributed by atoms with Gasteiger partial charge in [0.05, 0.1) is 12.5 Å². The minimum absolute atomic E-state index is 0.00362. The first-order valence-electron chi connectivity index (χ1n) is 9.84. The van der Waals surface area contributed by atoms with Crippen LogP contribution in [-0.4, -0.2) is 41.7 Å². The lowest BCUT2D eigenvalue weighted by Crippen LogP contribution is -2.33. The second kappa shape index (κ2) is 8.99. The molecule has 3 amide bonds. The molecule has 7 heteroatoms. The Morgan fingerprint density at radius 1 is 1.07 bits per heavy atom. The Morgan fingerprint density at radius 3 is 2.46 bits per heavy atom. The number of aryl methyl sites for hydroxylation is 2. The Labute approximate surface area is 164 Å². The highest BCUT2D eigenvalue weighted by Crippen LogP contribution is 2.24. The molecule has 0 radical (unpaired) electrons. The number of rotatable bonds is 7. The number of hydrogen-bond acceptors (Lipinski definition) is 5. The van der Waals surface area contributed by atoms with Gasteiger partial charge >= 0.3 is 5.97 Å². The molecule has 1 fully saturated rings. The van der Waals surface area contributed by atoms with Gasteiger partial charge in [0, 0.05) is 19.4 Å². The molecule has 28 heavy (non-hydrogen) atoms. The first-order valence-corrected chi connectivity index (χ1v) is 9.84. The average Bonchev–Trinajstić information content (AvgIpc) is 3.02. The van der Waals surface area contributed by atoms with E-state index in [1.165, 1.54) is 24.0 Å². The molecule has 0 aromatic heterocycles. The zero-order valence-electron chi connectivity index (χ0n) is 16.2. The van der Waals surface area contributed by atoms with Crippen molar-refractivity contribution in [1.29, 1.82) is 0 Å². The highest BCUT2D eigenvalue weighted by atomic mass is 16.5. The number of amides is 3. The summed E-state index contributed by atoms with van der Waals surface area (Å²) in [6, 6.07) is 6.13. The van der Waals surface area contributed by atoms with E-state index in [0.717, 1.165) is 23.3 Å². The Bertz CT molecular complexity index is 773. The van der Waals surface area contributed by atoms with Crippen LogP contribution in [0, 0.1) is 0 Å². The Morgan fingerprint density at radius 2 is 1.75 bits per heavy atom. The number of fused-ring (bicyclic) bond motifs is 1. The Balaban J connectivity index is 1.41. The van der Waals surface area contributed by atoms with Crippen LogP contribution >= 0.6 is 0 Å². The van der Waals surface area contributed by atoms with Crippen LogP contribution in [0.3, 0.4) is 0 Å². The maximum Gasteiger partial charge on any atom is 0.308 e. The fourth-order valence-electron chi connectivity index (χ4n) is 3.68. The van der Waals surface area contributed by atoms with Gasteiger partial charge in [0.2, 0.25) is 11.8 Å². The van der Waals surface area contributed by atoms with E-state index >= 15 is 0 Å². The molecule has 1 atom stereocenters. The van der Waals surface area contributed by atoms with Crippen LogP contribution in [0.4, 0.5) is 0 Å². The summed E-state index contributed by atoms with van der Waals surface area (Å²) in [7, 11) is 0. The zero-order valence-corrected chi connectivity index (χ0v) is 16.2. The molecule has 0 saturated carbocycles. The predicted octanol–water partition coefficient (Wildman–Crippen LogP) is 1.82. The van der Waals surface area contributed by atoms with Crippen molar-refractivity contribution in [3.63, 3.8) is 0 Å². The second-order valence-electron chi connectivity index (χ2n) is 7.37. The predicted molar refractivity (Wildman–Crippen MR) is 101 cm³/mol. The fraction of sp³-hybridized carbons (Fsp3) is 0.524. The summed E-state index contributed by atoms with van der Waals surface area (Å²) in [5.41, 5.74) is 3.77. The van der Waals surface area contributed by atoms with Crippen molar-refractivity contribution in [3.8, 4) is 0 Å². The summed E-state index contributed by atoms with van der Waals surface area (Å²) in [5.74, 6) is -1.53. The summed E-state index contributed by atoms with van der Waals surface area (Å²) in [6.45, 7) is 1.52. The maximum absolute atomic E-state index is 12.1. The number of likely N-dealkylation sites (tertiary alicyclic amines) is 1. The number of hydrogen-bond donors (Lipinski definition) is 1. The van der Waals surface area contributed by atoms with Crippen LogP contribution in [0.15, 0.2) is 18.2 Å². The van der Waals surface area contributed by atoms with Crippen molar-refractivity contribution in [2.75, 3.05) is 13.2 Å². The molecule has 2 aliphatic rings. The lowest BCUT2D eigenvalue weighted by atomic mass is 9.89. The molecule has 0 spiro atoms. The third-order valence-electron chi connectivity index (χ3n) is 5.31. The van der Waals surface area contributed by atoms with Crippen LogP contribution in [0.1, 0.15) is 61.8 Å². The lowest BCUT2D eigenvalue weighted by Gasteiger charge is -2.20. The van der Waals surface area contributed by atoms with Gasteiger partial charge < -0.3 is 10.1 Å². The van der Waals surface area contributed by atoms with Crippen molar-refractivity contribution in [1.82, 2.24) is 10.2 Å². The molecule has 1 aromatic carbocycles. The summed E-state index contributed by atoms with van der Waals surface area (Å²) in [4.78, 5) is 47.9. The highest BCUT2D eigenvalue weighted by molar-refractivity contribution is 6.02. The van der Waals surface area contributed by atoms with E-state index in [-0.39, 0.29) is 56.2 Å². The summed E-state index contributed by atoms with van der Waals surface area (Å²) < 4.78 is 4.96. The molecule has 1 N–H and O–H groups in total. The van der Waals surface area contributed by atoms with Crippen LogP contribution < -0.4 is 5.32 Å². The number of nitrogens with zero attached hydrogens (tertiary/aromatic N) is 1. The number of imide groups is 1. The molecule has 0 bridgehead atoms. The van der Waals surface area contributed by atoms with E-state index in [4.69, 9.17) is 4.74 Å². The van der Waals surface area contributed by atoms with Crippen molar-refractivity contribution < 1.29 is 23.9 Å². The maximum atomic E-state index is 12.1. The fourth-order valence-corrected chi connectivity index (χ4v) is 3.68. The van der Waals surface area contributed by atoms with Gasteiger partial charge in [0.25, 0.3) is 5.91 Å². The van der Waals surface area contributed by atoms with Crippen LogP contribution in [0.2, 0.25) is 0 Å².